The molecule has 0 saturated carbocycles. The van der Waals surface area contributed by atoms with Gasteiger partial charge in [0.15, 0.2) is 0 Å². The summed E-state index contributed by atoms with van der Waals surface area (Å²) in [5.74, 6) is 1.76. The summed E-state index contributed by atoms with van der Waals surface area (Å²) in [6.07, 6.45) is 5.24. The average molecular weight is 516 g/mol. The number of rotatable bonds is 9. The third-order valence-corrected chi connectivity index (χ3v) is 8.47. The van der Waals surface area contributed by atoms with Crippen LogP contribution < -0.4 is 19.5 Å². The summed E-state index contributed by atoms with van der Waals surface area (Å²) in [5.41, 5.74) is 1.44. The molecule has 3 heterocycles. The standard InChI is InChI=1S/C24H33N7O4S/c1-15-12-26-22(27-13-15)16(2)17(3)36(32,33)30-24-29-28-23(18-8-7-11-25-14-18)31(24)21-19(34-4)9-6-10-20(21)35-5/h6,9-10,12-13,16-18,25H,7-8,11,14H2,1-5H3,(H,29,30)/t16-,17-,18?/m0/s1. The first-order chi connectivity index (χ1) is 17.3. The molecule has 2 aromatic heterocycles. The fourth-order valence-corrected chi connectivity index (χ4v) is 5.54. The second kappa shape index (κ2) is 10.8. The molecule has 3 atom stereocenters. The number of ether oxygens (including phenoxy) is 2. The number of para-hydroxylation sites is 1. The Morgan fingerprint density at radius 3 is 2.36 bits per heavy atom. The summed E-state index contributed by atoms with van der Waals surface area (Å²) in [5, 5.41) is 11.3. The van der Waals surface area contributed by atoms with E-state index in [9.17, 15) is 8.42 Å². The highest BCUT2D eigenvalue weighted by molar-refractivity contribution is 7.93. The predicted molar refractivity (Wildman–Crippen MR) is 136 cm³/mol. The van der Waals surface area contributed by atoms with Gasteiger partial charge in [-0.2, -0.15) is 0 Å². The fraction of sp³-hybridized carbons (Fsp3) is 0.500. The largest absolute Gasteiger partial charge is 0.494 e. The molecule has 194 valence electrons. The molecule has 11 nitrogen and oxygen atoms in total. The molecule has 3 aromatic rings. The zero-order valence-corrected chi connectivity index (χ0v) is 22.0. The van der Waals surface area contributed by atoms with Crippen molar-refractivity contribution in [3.05, 3.63) is 47.8 Å². The summed E-state index contributed by atoms with van der Waals surface area (Å²) in [6.45, 7) is 6.95. The molecule has 1 unspecified atom stereocenters. The minimum Gasteiger partial charge on any atom is -0.494 e. The van der Waals surface area contributed by atoms with E-state index in [1.54, 1.807) is 57.2 Å². The van der Waals surface area contributed by atoms with Gasteiger partial charge in [-0.05, 0) is 50.9 Å². The van der Waals surface area contributed by atoms with Crippen LogP contribution in [0.4, 0.5) is 5.95 Å². The number of aromatic nitrogens is 5. The molecule has 0 amide bonds. The first kappa shape index (κ1) is 25.8. The van der Waals surface area contributed by atoms with Crippen molar-refractivity contribution in [3.63, 3.8) is 0 Å². The summed E-state index contributed by atoms with van der Waals surface area (Å²) in [7, 11) is -0.798. The molecule has 1 fully saturated rings. The maximum Gasteiger partial charge on any atom is 0.243 e. The quantitative estimate of drug-likeness (QED) is 0.441. The van der Waals surface area contributed by atoms with Crippen molar-refractivity contribution in [3.8, 4) is 17.2 Å². The number of sulfonamides is 1. The Morgan fingerprint density at radius 1 is 1.11 bits per heavy atom. The fourth-order valence-electron chi connectivity index (χ4n) is 4.31. The topological polar surface area (TPSA) is 133 Å². The highest BCUT2D eigenvalue weighted by Gasteiger charge is 2.33. The summed E-state index contributed by atoms with van der Waals surface area (Å²) >= 11 is 0. The molecular weight excluding hydrogens is 482 g/mol. The van der Waals surface area contributed by atoms with Crippen LogP contribution in [-0.4, -0.2) is 65.7 Å². The molecule has 1 aliphatic heterocycles. The molecule has 0 radical (unpaired) electrons. The van der Waals surface area contributed by atoms with Crippen LogP contribution >= 0.6 is 0 Å². The van der Waals surface area contributed by atoms with Crippen molar-refractivity contribution in [2.24, 2.45) is 0 Å². The highest BCUT2D eigenvalue weighted by atomic mass is 32.2. The Hall–Kier alpha value is -3.25. The Bertz CT molecular complexity index is 1270. The molecule has 2 N–H and O–H groups in total. The lowest BCUT2D eigenvalue weighted by Crippen LogP contribution is -2.32. The number of nitrogens with one attached hydrogen (secondary N) is 2. The molecule has 0 aliphatic carbocycles. The maximum atomic E-state index is 13.5. The summed E-state index contributed by atoms with van der Waals surface area (Å²) in [6, 6.07) is 5.39. The van der Waals surface area contributed by atoms with Crippen LogP contribution in [0.3, 0.4) is 0 Å². The Balaban J connectivity index is 1.77. The van der Waals surface area contributed by atoms with Crippen molar-refractivity contribution in [2.45, 2.75) is 50.7 Å². The van der Waals surface area contributed by atoms with E-state index in [1.807, 2.05) is 13.0 Å². The Morgan fingerprint density at radius 2 is 1.78 bits per heavy atom. The number of nitrogens with zero attached hydrogens (tertiary/aromatic N) is 5. The highest BCUT2D eigenvalue weighted by Crippen LogP contribution is 2.38. The van der Waals surface area contributed by atoms with Gasteiger partial charge < -0.3 is 14.8 Å². The number of benzene rings is 1. The minimum absolute atomic E-state index is 0.0384. The van der Waals surface area contributed by atoms with Crippen LogP contribution in [-0.2, 0) is 10.0 Å². The van der Waals surface area contributed by atoms with Gasteiger partial charge in [-0.3, -0.25) is 9.29 Å². The average Bonchev–Trinajstić information content (AvgIpc) is 3.30. The molecule has 12 heteroatoms. The van der Waals surface area contributed by atoms with Crippen LogP contribution in [0, 0.1) is 6.92 Å². The van der Waals surface area contributed by atoms with Gasteiger partial charge in [0.2, 0.25) is 16.0 Å². The SMILES string of the molecule is COc1cccc(OC)c1-n1c(NS(=O)(=O)[C@@H](C)[C@H](C)c2ncc(C)cn2)nnc1C1CCCNC1. The number of piperidine rings is 1. The van der Waals surface area contributed by atoms with Gasteiger partial charge in [0.05, 0.1) is 19.5 Å². The van der Waals surface area contributed by atoms with Gasteiger partial charge >= 0.3 is 0 Å². The van der Waals surface area contributed by atoms with Crippen LogP contribution in [0.5, 0.6) is 11.5 Å². The van der Waals surface area contributed by atoms with Crippen LogP contribution in [0.25, 0.3) is 5.69 Å². The number of hydrogen-bond acceptors (Lipinski definition) is 9. The van der Waals surface area contributed by atoms with E-state index in [4.69, 9.17) is 9.47 Å². The molecular formula is C24H33N7O4S. The first-order valence-electron chi connectivity index (χ1n) is 11.9. The number of hydrogen-bond donors (Lipinski definition) is 2. The van der Waals surface area contributed by atoms with E-state index in [0.717, 1.165) is 24.9 Å². The van der Waals surface area contributed by atoms with E-state index in [2.05, 4.69) is 30.2 Å². The Kier molecular flexibility index (Phi) is 7.74. The van der Waals surface area contributed by atoms with Gasteiger partial charge in [-0.15, -0.1) is 10.2 Å². The third kappa shape index (κ3) is 5.14. The van der Waals surface area contributed by atoms with E-state index >= 15 is 0 Å². The molecule has 36 heavy (non-hydrogen) atoms. The van der Waals surface area contributed by atoms with Gasteiger partial charge in [0.1, 0.15) is 28.8 Å². The van der Waals surface area contributed by atoms with Crippen LogP contribution in [0.15, 0.2) is 30.6 Å². The van der Waals surface area contributed by atoms with Crippen molar-refractivity contribution < 1.29 is 17.9 Å². The third-order valence-electron chi connectivity index (χ3n) is 6.61. The second-order valence-corrected chi connectivity index (χ2v) is 11.1. The van der Waals surface area contributed by atoms with E-state index < -0.39 is 21.2 Å². The minimum atomic E-state index is -3.91. The number of aryl methyl sites for hydroxylation is 1. The zero-order valence-electron chi connectivity index (χ0n) is 21.2. The van der Waals surface area contributed by atoms with Crippen molar-refractivity contribution in [1.82, 2.24) is 30.0 Å². The van der Waals surface area contributed by atoms with Crippen molar-refractivity contribution >= 4 is 16.0 Å². The second-order valence-electron chi connectivity index (χ2n) is 9.03. The molecule has 0 bridgehead atoms. The van der Waals surface area contributed by atoms with E-state index in [1.165, 1.54) is 0 Å². The summed E-state index contributed by atoms with van der Waals surface area (Å²) in [4.78, 5) is 8.64. The van der Waals surface area contributed by atoms with Crippen LogP contribution in [0.1, 0.15) is 55.7 Å². The zero-order chi connectivity index (χ0) is 25.9. The maximum absolute atomic E-state index is 13.5. The van der Waals surface area contributed by atoms with E-state index in [-0.39, 0.29) is 11.9 Å². The Labute approximate surface area is 211 Å². The number of methoxy groups -OCH3 is 2. The molecule has 1 saturated heterocycles. The molecule has 1 aliphatic rings. The normalized spacial score (nSPS) is 17.9. The van der Waals surface area contributed by atoms with Gasteiger partial charge in [0.25, 0.3) is 0 Å². The van der Waals surface area contributed by atoms with E-state index in [0.29, 0.717) is 35.4 Å². The van der Waals surface area contributed by atoms with Crippen molar-refractivity contribution in [1.29, 1.82) is 0 Å². The molecule has 0 spiro atoms. The van der Waals surface area contributed by atoms with Gasteiger partial charge in [0, 0.05) is 30.8 Å². The first-order valence-corrected chi connectivity index (χ1v) is 13.5. The molecule has 1 aromatic carbocycles. The smallest absolute Gasteiger partial charge is 0.243 e. The molecule has 4 rings (SSSR count). The van der Waals surface area contributed by atoms with Crippen molar-refractivity contribution in [2.75, 3.05) is 32.0 Å². The lowest BCUT2D eigenvalue weighted by atomic mass is 9.98. The monoisotopic (exact) mass is 515 g/mol. The van der Waals surface area contributed by atoms with Gasteiger partial charge in [-0.25, -0.2) is 18.4 Å². The predicted octanol–water partition coefficient (Wildman–Crippen LogP) is 2.78. The lowest BCUT2D eigenvalue weighted by molar-refractivity contribution is 0.388. The lowest BCUT2D eigenvalue weighted by Gasteiger charge is -2.25. The summed E-state index contributed by atoms with van der Waals surface area (Å²) < 4.78 is 42.7. The van der Waals surface area contributed by atoms with Crippen LogP contribution in [0.2, 0.25) is 0 Å². The number of anilines is 1. The van der Waals surface area contributed by atoms with Gasteiger partial charge in [-0.1, -0.05) is 13.0 Å².